The Morgan fingerprint density at radius 3 is 2.62 bits per heavy atom. The summed E-state index contributed by atoms with van der Waals surface area (Å²) in [4.78, 5) is 27.4. The molecular formula is C25H32N4O3. The molecule has 2 saturated heterocycles. The average Bonchev–Trinajstić information content (AvgIpc) is 3.29. The highest BCUT2D eigenvalue weighted by molar-refractivity contribution is 5.82. The van der Waals surface area contributed by atoms with Gasteiger partial charge in [-0.3, -0.25) is 9.59 Å². The van der Waals surface area contributed by atoms with Gasteiger partial charge in [-0.05, 0) is 55.0 Å². The lowest BCUT2D eigenvalue weighted by atomic mass is 9.97. The van der Waals surface area contributed by atoms with Crippen LogP contribution in [0, 0.1) is 6.92 Å². The zero-order valence-electron chi connectivity index (χ0n) is 18.8. The van der Waals surface area contributed by atoms with Gasteiger partial charge in [0, 0.05) is 25.2 Å². The fourth-order valence-corrected chi connectivity index (χ4v) is 4.61. The minimum Gasteiger partial charge on any atom is -0.497 e. The van der Waals surface area contributed by atoms with Crippen LogP contribution in [-0.2, 0) is 16.0 Å². The molecule has 170 valence electrons. The fraction of sp³-hybridized carbons (Fsp3) is 0.440. The van der Waals surface area contributed by atoms with Crippen LogP contribution >= 0.6 is 0 Å². The predicted molar refractivity (Wildman–Crippen MR) is 123 cm³/mol. The first-order valence-electron chi connectivity index (χ1n) is 11.3. The van der Waals surface area contributed by atoms with E-state index in [1.165, 1.54) is 11.1 Å². The maximum Gasteiger partial charge on any atom is 0.241 e. The molecule has 2 aliphatic rings. The lowest BCUT2D eigenvalue weighted by Gasteiger charge is -2.33. The van der Waals surface area contributed by atoms with Crippen molar-refractivity contribution in [1.82, 2.24) is 21.1 Å². The molecule has 2 aromatic rings. The second-order valence-corrected chi connectivity index (χ2v) is 8.68. The quantitative estimate of drug-likeness (QED) is 0.647. The number of amides is 2. The molecule has 0 aliphatic carbocycles. The molecular weight excluding hydrogens is 404 g/mol. The predicted octanol–water partition coefficient (Wildman–Crippen LogP) is 2.26. The van der Waals surface area contributed by atoms with Crippen LogP contribution in [0.5, 0.6) is 5.75 Å². The molecule has 4 rings (SSSR count). The number of hydrogen-bond donors (Lipinski definition) is 3. The Morgan fingerprint density at radius 2 is 1.88 bits per heavy atom. The molecule has 32 heavy (non-hydrogen) atoms. The van der Waals surface area contributed by atoms with E-state index in [0.29, 0.717) is 19.5 Å². The van der Waals surface area contributed by atoms with E-state index in [1.807, 2.05) is 41.3 Å². The van der Waals surface area contributed by atoms with Crippen molar-refractivity contribution >= 4 is 11.8 Å². The summed E-state index contributed by atoms with van der Waals surface area (Å²) in [5.41, 5.74) is 9.86. The summed E-state index contributed by atoms with van der Waals surface area (Å²) in [5.74, 6) is 0.891. The number of carbonyl (C=O) groups is 2. The van der Waals surface area contributed by atoms with Crippen LogP contribution in [0.4, 0.5) is 0 Å². The van der Waals surface area contributed by atoms with Gasteiger partial charge in [0.05, 0.1) is 13.5 Å². The van der Waals surface area contributed by atoms with Gasteiger partial charge in [-0.15, -0.1) is 0 Å². The highest BCUT2D eigenvalue weighted by Gasteiger charge is 2.34. The summed E-state index contributed by atoms with van der Waals surface area (Å²) >= 11 is 0. The molecule has 7 heteroatoms. The van der Waals surface area contributed by atoms with Crippen molar-refractivity contribution in [1.29, 1.82) is 0 Å². The summed E-state index contributed by atoms with van der Waals surface area (Å²) in [5, 5.41) is 3.12. The number of rotatable bonds is 6. The number of likely N-dealkylation sites (tertiary alicyclic amines) is 1. The third-order valence-electron chi connectivity index (χ3n) is 6.44. The molecule has 0 spiro atoms. The van der Waals surface area contributed by atoms with Gasteiger partial charge in [0.25, 0.3) is 0 Å². The number of benzene rings is 2. The van der Waals surface area contributed by atoms with E-state index < -0.39 is 0 Å². The molecule has 2 amide bonds. The second-order valence-electron chi connectivity index (χ2n) is 8.68. The first-order valence-corrected chi connectivity index (χ1v) is 11.3. The van der Waals surface area contributed by atoms with E-state index in [0.717, 1.165) is 30.6 Å². The van der Waals surface area contributed by atoms with E-state index in [9.17, 15) is 9.59 Å². The van der Waals surface area contributed by atoms with Gasteiger partial charge in [0.2, 0.25) is 11.8 Å². The molecule has 2 aromatic carbocycles. The highest BCUT2D eigenvalue weighted by atomic mass is 16.5. The van der Waals surface area contributed by atoms with Crippen molar-refractivity contribution in [3.8, 4) is 5.75 Å². The molecule has 3 N–H and O–H groups in total. The third kappa shape index (κ3) is 5.29. The van der Waals surface area contributed by atoms with Crippen LogP contribution in [0.15, 0.2) is 48.5 Å². The molecule has 7 nitrogen and oxygen atoms in total. The van der Waals surface area contributed by atoms with Crippen LogP contribution in [0.3, 0.4) is 0 Å². The minimum absolute atomic E-state index is 0.00534. The van der Waals surface area contributed by atoms with E-state index >= 15 is 0 Å². The van der Waals surface area contributed by atoms with Crippen molar-refractivity contribution in [2.24, 2.45) is 0 Å². The number of aryl methyl sites for hydroxylation is 1. The number of carbonyl (C=O) groups excluding carboxylic acids is 2. The third-order valence-corrected chi connectivity index (χ3v) is 6.44. The molecule has 0 bridgehead atoms. The van der Waals surface area contributed by atoms with Crippen LogP contribution in [0.25, 0.3) is 0 Å². The van der Waals surface area contributed by atoms with Crippen LogP contribution in [0.1, 0.15) is 42.0 Å². The van der Waals surface area contributed by atoms with Gasteiger partial charge >= 0.3 is 0 Å². The Morgan fingerprint density at radius 1 is 1.09 bits per heavy atom. The van der Waals surface area contributed by atoms with E-state index in [-0.39, 0.29) is 29.9 Å². The molecule has 2 fully saturated rings. The number of nitrogens with one attached hydrogen (secondary N) is 3. The first kappa shape index (κ1) is 22.3. The lowest BCUT2D eigenvalue weighted by molar-refractivity contribution is -0.134. The standard InChI is InChI=1S/C25H32N4O3/c1-17-6-3-4-9-21(17)22-16-23(28-27-22)25(31)29-12-10-19(11-13-29)26-24(30)15-18-7-5-8-20(14-18)32-2/h3-9,14,19,22-23,27-28H,10-13,15-16H2,1-2H3,(H,26,30). The second kappa shape index (κ2) is 10.1. The Labute approximate surface area is 189 Å². The smallest absolute Gasteiger partial charge is 0.241 e. The van der Waals surface area contributed by atoms with Gasteiger partial charge in [0.15, 0.2) is 0 Å². The average molecular weight is 437 g/mol. The molecule has 2 atom stereocenters. The normalized spacial score (nSPS) is 21.4. The maximum absolute atomic E-state index is 13.0. The monoisotopic (exact) mass is 436 g/mol. The SMILES string of the molecule is COc1cccc(CC(=O)NC2CCN(C(=O)C3CC(c4ccccc4C)NN3)CC2)c1. The highest BCUT2D eigenvalue weighted by Crippen LogP contribution is 2.26. The number of methoxy groups -OCH3 is 1. The topological polar surface area (TPSA) is 82.7 Å². The van der Waals surface area contributed by atoms with E-state index in [4.69, 9.17) is 4.74 Å². The molecule has 2 aliphatic heterocycles. The van der Waals surface area contributed by atoms with Gasteiger partial charge in [-0.2, -0.15) is 0 Å². The Balaban J connectivity index is 1.23. The van der Waals surface area contributed by atoms with Gasteiger partial charge in [0.1, 0.15) is 11.8 Å². The van der Waals surface area contributed by atoms with Crippen molar-refractivity contribution < 1.29 is 14.3 Å². The summed E-state index contributed by atoms with van der Waals surface area (Å²) in [6.07, 6.45) is 2.61. The Kier molecular flexibility index (Phi) is 7.07. The molecule has 2 unspecified atom stereocenters. The minimum atomic E-state index is -0.223. The summed E-state index contributed by atoms with van der Waals surface area (Å²) in [7, 11) is 1.62. The summed E-state index contributed by atoms with van der Waals surface area (Å²) in [6.45, 7) is 3.42. The van der Waals surface area contributed by atoms with Crippen molar-refractivity contribution in [3.05, 3.63) is 65.2 Å². The van der Waals surface area contributed by atoms with Gasteiger partial charge in [-0.25, -0.2) is 10.9 Å². The van der Waals surface area contributed by atoms with Crippen LogP contribution in [-0.4, -0.2) is 49.0 Å². The first-order chi connectivity index (χ1) is 15.5. The van der Waals surface area contributed by atoms with Gasteiger partial charge in [-0.1, -0.05) is 36.4 Å². The van der Waals surface area contributed by atoms with Crippen molar-refractivity contribution in [2.75, 3.05) is 20.2 Å². The summed E-state index contributed by atoms with van der Waals surface area (Å²) < 4.78 is 5.22. The largest absolute Gasteiger partial charge is 0.497 e. The summed E-state index contributed by atoms with van der Waals surface area (Å²) in [6, 6.07) is 15.9. The number of piperidine rings is 1. The van der Waals surface area contributed by atoms with Crippen molar-refractivity contribution in [3.63, 3.8) is 0 Å². The van der Waals surface area contributed by atoms with Gasteiger partial charge < -0.3 is 15.0 Å². The molecule has 2 heterocycles. The van der Waals surface area contributed by atoms with E-state index in [2.05, 4.69) is 35.2 Å². The van der Waals surface area contributed by atoms with Crippen LogP contribution < -0.4 is 20.9 Å². The lowest BCUT2D eigenvalue weighted by Crippen LogP contribution is -2.51. The van der Waals surface area contributed by atoms with Crippen molar-refractivity contribution in [2.45, 2.75) is 50.7 Å². The molecule has 0 radical (unpaired) electrons. The zero-order chi connectivity index (χ0) is 22.5. The van der Waals surface area contributed by atoms with Crippen LogP contribution in [0.2, 0.25) is 0 Å². The fourth-order valence-electron chi connectivity index (χ4n) is 4.61. The number of ether oxygens (including phenoxy) is 1. The van der Waals surface area contributed by atoms with E-state index in [1.54, 1.807) is 7.11 Å². The maximum atomic E-state index is 13.0. The Hall–Kier alpha value is -2.90. The number of hydrogen-bond acceptors (Lipinski definition) is 5. The molecule has 0 aromatic heterocycles. The number of hydrazine groups is 1. The zero-order valence-corrected chi connectivity index (χ0v) is 18.8. The number of nitrogens with zero attached hydrogens (tertiary/aromatic N) is 1. The Bertz CT molecular complexity index is 956. The molecule has 0 saturated carbocycles.